The lowest BCUT2D eigenvalue weighted by atomic mass is 10.1. The molecule has 0 aromatic carbocycles. The summed E-state index contributed by atoms with van der Waals surface area (Å²) in [6.45, 7) is 10.5. The molecule has 1 heterocycles. The van der Waals surface area contributed by atoms with Crippen molar-refractivity contribution in [2.75, 3.05) is 19.6 Å². The van der Waals surface area contributed by atoms with E-state index in [0.717, 1.165) is 19.6 Å². The van der Waals surface area contributed by atoms with E-state index < -0.39 is 0 Å². The molecule has 15 heavy (non-hydrogen) atoms. The fourth-order valence-corrected chi connectivity index (χ4v) is 2.00. The summed E-state index contributed by atoms with van der Waals surface area (Å²) in [5, 5.41) is 3.41. The average Bonchev–Trinajstić information content (AvgIpc) is 2.67. The molecule has 1 N–H and O–H groups in total. The van der Waals surface area contributed by atoms with Gasteiger partial charge in [-0.1, -0.05) is 20.4 Å². The van der Waals surface area contributed by atoms with Gasteiger partial charge in [0, 0.05) is 19.1 Å². The molecule has 0 bridgehead atoms. The fraction of sp³-hybridized carbons (Fsp3) is 0.750. The first-order chi connectivity index (χ1) is 7.13. The van der Waals surface area contributed by atoms with E-state index in [1.54, 1.807) is 0 Å². The van der Waals surface area contributed by atoms with Gasteiger partial charge >= 0.3 is 0 Å². The molecule has 1 aliphatic rings. The van der Waals surface area contributed by atoms with E-state index in [-0.39, 0.29) is 5.91 Å². The Hall–Kier alpha value is -0.830. The first kappa shape index (κ1) is 12.2. The Morgan fingerprint density at radius 3 is 2.87 bits per heavy atom. The van der Waals surface area contributed by atoms with Crippen molar-refractivity contribution in [3.63, 3.8) is 0 Å². The number of carbonyl (C=O) groups excluding carboxylic acids is 1. The minimum Gasteiger partial charge on any atom is -0.337 e. The summed E-state index contributed by atoms with van der Waals surface area (Å²) >= 11 is 0. The van der Waals surface area contributed by atoms with Crippen LogP contribution in [0.1, 0.15) is 26.7 Å². The third kappa shape index (κ3) is 4.04. The Morgan fingerprint density at radius 2 is 2.40 bits per heavy atom. The summed E-state index contributed by atoms with van der Waals surface area (Å²) in [4.78, 5) is 13.5. The Kier molecular flexibility index (Phi) is 4.82. The minimum absolute atomic E-state index is 0.0531. The van der Waals surface area contributed by atoms with Crippen molar-refractivity contribution in [3.8, 4) is 0 Å². The summed E-state index contributed by atoms with van der Waals surface area (Å²) in [6.07, 6.45) is 3.82. The zero-order valence-corrected chi connectivity index (χ0v) is 9.83. The maximum Gasteiger partial charge on any atom is 0.246 e. The number of carbonyl (C=O) groups is 1. The normalized spacial score (nSPS) is 20.6. The molecule has 1 saturated heterocycles. The average molecular weight is 210 g/mol. The zero-order chi connectivity index (χ0) is 11.3. The summed E-state index contributed by atoms with van der Waals surface area (Å²) < 4.78 is 0. The minimum atomic E-state index is 0.0531. The van der Waals surface area contributed by atoms with E-state index >= 15 is 0 Å². The molecular weight excluding hydrogens is 188 g/mol. The van der Waals surface area contributed by atoms with Crippen molar-refractivity contribution in [2.45, 2.75) is 32.7 Å². The van der Waals surface area contributed by atoms with E-state index in [2.05, 4.69) is 25.7 Å². The van der Waals surface area contributed by atoms with Gasteiger partial charge in [0.25, 0.3) is 0 Å². The van der Waals surface area contributed by atoms with E-state index in [9.17, 15) is 4.79 Å². The molecule has 0 aromatic rings. The highest BCUT2D eigenvalue weighted by Gasteiger charge is 2.20. The van der Waals surface area contributed by atoms with Crippen LogP contribution >= 0.6 is 0 Å². The number of rotatable bonds is 5. The summed E-state index contributed by atoms with van der Waals surface area (Å²) in [5.41, 5.74) is 0. The molecule has 0 aliphatic carbocycles. The van der Waals surface area contributed by atoms with Gasteiger partial charge in [-0.05, 0) is 31.4 Å². The van der Waals surface area contributed by atoms with Crippen LogP contribution in [0.15, 0.2) is 12.7 Å². The quantitative estimate of drug-likeness (QED) is 0.696. The van der Waals surface area contributed by atoms with Gasteiger partial charge in [-0.2, -0.15) is 0 Å². The molecular formula is C12H22N2O. The second-order valence-corrected chi connectivity index (χ2v) is 4.63. The van der Waals surface area contributed by atoms with Gasteiger partial charge in [0.1, 0.15) is 0 Å². The Balaban J connectivity index is 2.47. The van der Waals surface area contributed by atoms with Gasteiger partial charge in [-0.15, -0.1) is 0 Å². The van der Waals surface area contributed by atoms with Crippen molar-refractivity contribution >= 4 is 5.91 Å². The smallest absolute Gasteiger partial charge is 0.246 e. The Labute approximate surface area is 92.5 Å². The zero-order valence-electron chi connectivity index (χ0n) is 9.83. The first-order valence-corrected chi connectivity index (χ1v) is 5.78. The highest BCUT2D eigenvalue weighted by atomic mass is 16.2. The maximum atomic E-state index is 11.6. The lowest BCUT2D eigenvalue weighted by Crippen LogP contribution is -2.42. The van der Waals surface area contributed by atoms with Crippen LogP contribution in [0.25, 0.3) is 0 Å². The molecule has 3 heteroatoms. The van der Waals surface area contributed by atoms with Crippen molar-refractivity contribution in [1.29, 1.82) is 0 Å². The molecule has 1 atom stereocenters. The monoisotopic (exact) mass is 210 g/mol. The van der Waals surface area contributed by atoms with E-state index in [0.29, 0.717) is 12.0 Å². The molecule has 0 spiro atoms. The number of hydrogen-bond donors (Lipinski definition) is 1. The molecule has 1 unspecified atom stereocenters. The largest absolute Gasteiger partial charge is 0.337 e. The summed E-state index contributed by atoms with van der Waals surface area (Å²) in [7, 11) is 0. The van der Waals surface area contributed by atoms with Gasteiger partial charge in [0.2, 0.25) is 5.91 Å². The summed E-state index contributed by atoms with van der Waals surface area (Å²) in [6, 6.07) is 0.479. The SMILES string of the molecule is C=CC(=O)N(CC(C)C)CC1CCCN1. The van der Waals surface area contributed by atoms with E-state index in [1.807, 2.05) is 4.90 Å². The molecule has 86 valence electrons. The van der Waals surface area contributed by atoms with Crippen molar-refractivity contribution in [1.82, 2.24) is 10.2 Å². The molecule has 1 fully saturated rings. The van der Waals surface area contributed by atoms with Crippen LogP contribution in [-0.4, -0.2) is 36.5 Å². The lowest BCUT2D eigenvalue weighted by Gasteiger charge is -2.26. The second kappa shape index (κ2) is 5.91. The molecule has 0 aromatic heterocycles. The number of amides is 1. The van der Waals surface area contributed by atoms with Crippen LogP contribution in [0.5, 0.6) is 0 Å². The van der Waals surface area contributed by atoms with Crippen LogP contribution in [0, 0.1) is 5.92 Å². The number of nitrogens with one attached hydrogen (secondary N) is 1. The standard InChI is InChI=1S/C12H22N2O/c1-4-12(15)14(8-10(2)3)9-11-6-5-7-13-11/h4,10-11,13H,1,5-9H2,2-3H3. The van der Waals surface area contributed by atoms with Gasteiger partial charge in [0.05, 0.1) is 0 Å². The highest BCUT2D eigenvalue weighted by molar-refractivity contribution is 5.87. The third-order valence-electron chi connectivity index (χ3n) is 2.67. The molecule has 0 radical (unpaired) electrons. The first-order valence-electron chi connectivity index (χ1n) is 5.78. The molecule has 0 saturated carbocycles. The number of hydrogen-bond acceptors (Lipinski definition) is 2. The third-order valence-corrected chi connectivity index (χ3v) is 2.67. The van der Waals surface area contributed by atoms with Crippen molar-refractivity contribution < 1.29 is 4.79 Å². The van der Waals surface area contributed by atoms with Crippen molar-refractivity contribution in [2.24, 2.45) is 5.92 Å². The van der Waals surface area contributed by atoms with Crippen LogP contribution in [0.2, 0.25) is 0 Å². The molecule has 1 aliphatic heterocycles. The molecule has 3 nitrogen and oxygen atoms in total. The van der Waals surface area contributed by atoms with Gasteiger partial charge in [-0.25, -0.2) is 0 Å². The molecule has 1 amide bonds. The summed E-state index contributed by atoms with van der Waals surface area (Å²) in [5.74, 6) is 0.563. The number of nitrogens with zero attached hydrogens (tertiary/aromatic N) is 1. The van der Waals surface area contributed by atoms with Crippen molar-refractivity contribution in [3.05, 3.63) is 12.7 Å². The van der Waals surface area contributed by atoms with Gasteiger partial charge in [-0.3, -0.25) is 4.79 Å². The lowest BCUT2D eigenvalue weighted by molar-refractivity contribution is -0.126. The molecule has 1 rings (SSSR count). The van der Waals surface area contributed by atoms with E-state index in [4.69, 9.17) is 0 Å². The highest BCUT2D eigenvalue weighted by Crippen LogP contribution is 2.09. The fourth-order valence-electron chi connectivity index (χ4n) is 2.00. The van der Waals surface area contributed by atoms with Gasteiger partial charge in [0.15, 0.2) is 0 Å². The second-order valence-electron chi connectivity index (χ2n) is 4.63. The topological polar surface area (TPSA) is 32.3 Å². The van der Waals surface area contributed by atoms with Crippen LogP contribution < -0.4 is 5.32 Å². The Morgan fingerprint density at radius 1 is 1.67 bits per heavy atom. The maximum absolute atomic E-state index is 11.6. The van der Waals surface area contributed by atoms with Crippen LogP contribution in [0.3, 0.4) is 0 Å². The van der Waals surface area contributed by atoms with Gasteiger partial charge < -0.3 is 10.2 Å². The Bertz CT molecular complexity index is 220. The van der Waals surface area contributed by atoms with Crippen LogP contribution in [-0.2, 0) is 4.79 Å². The predicted molar refractivity (Wildman–Crippen MR) is 62.6 cm³/mol. The van der Waals surface area contributed by atoms with E-state index in [1.165, 1.54) is 18.9 Å². The van der Waals surface area contributed by atoms with Crippen LogP contribution in [0.4, 0.5) is 0 Å². The predicted octanol–water partition coefficient (Wildman–Crippen LogP) is 1.41.